The zero-order valence-electron chi connectivity index (χ0n) is 13.4. The van der Waals surface area contributed by atoms with Gasteiger partial charge in [0.15, 0.2) is 11.3 Å². The smallest absolute Gasteiger partial charge is 0.349 e. The topological polar surface area (TPSA) is 121 Å². The van der Waals surface area contributed by atoms with Gasteiger partial charge < -0.3 is 19.2 Å². The first kappa shape index (κ1) is 16.9. The molecule has 0 aliphatic carbocycles. The molecule has 0 radical (unpaired) electrons. The minimum atomic E-state index is -0.843. The van der Waals surface area contributed by atoms with Gasteiger partial charge in [-0.3, -0.25) is 14.9 Å². The molecule has 1 fully saturated rings. The van der Waals surface area contributed by atoms with Crippen molar-refractivity contribution in [3.05, 3.63) is 44.3 Å². The highest BCUT2D eigenvalue weighted by Crippen LogP contribution is 2.30. The third-order valence-electron chi connectivity index (χ3n) is 3.97. The van der Waals surface area contributed by atoms with Crippen molar-refractivity contribution in [3.63, 3.8) is 0 Å². The molecule has 1 N–H and O–H groups in total. The van der Waals surface area contributed by atoms with Crippen LogP contribution in [0.2, 0.25) is 0 Å². The molecule has 1 atom stereocenters. The van der Waals surface area contributed by atoms with E-state index in [-0.39, 0.29) is 40.6 Å². The largest absolute Gasteiger partial charge is 0.493 e. The molecular weight excluding hydrogens is 332 g/mol. The Bertz CT molecular complexity index is 884. The summed E-state index contributed by atoms with van der Waals surface area (Å²) in [4.78, 5) is 34.8. The monoisotopic (exact) mass is 348 g/mol. The highest BCUT2D eigenvalue weighted by molar-refractivity contribution is 5.97. The fourth-order valence-corrected chi connectivity index (χ4v) is 2.71. The molecule has 0 spiro atoms. The number of nitrogens with one attached hydrogen (secondary N) is 1. The summed E-state index contributed by atoms with van der Waals surface area (Å²) < 4.78 is 15.6. The van der Waals surface area contributed by atoms with E-state index in [2.05, 4.69) is 5.32 Å². The summed E-state index contributed by atoms with van der Waals surface area (Å²) in [5.74, 6) is -0.566. The Labute approximate surface area is 141 Å². The first-order chi connectivity index (χ1) is 12.0. The lowest BCUT2D eigenvalue weighted by Crippen LogP contribution is -2.34. The van der Waals surface area contributed by atoms with Crippen LogP contribution in [0, 0.1) is 10.1 Å². The Morgan fingerprint density at radius 3 is 2.88 bits per heavy atom. The zero-order valence-corrected chi connectivity index (χ0v) is 13.4. The van der Waals surface area contributed by atoms with Crippen LogP contribution < -0.4 is 15.7 Å². The Morgan fingerprint density at radius 1 is 1.44 bits per heavy atom. The highest BCUT2D eigenvalue weighted by Gasteiger charge is 2.21. The molecule has 9 heteroatoms. The van der Waals surface area contributed by atoms with Gasteiger partial charge in [0.1, 0.15) is 5.56 Å². The fourth-order valence-electron chi connectivity index (χ4n) is 2.71. The molecule has 2 heterocycles. The maximum atomic E-state index is 12.2. The van der Waals surface area contributed by atoms with E-state index in [0.717, 1.165) is 18.9 Å². The highest BCUT2D eigenvalue weighted by atomic mass is 16.6. The fraction of sp³-hybridized carbons (Fsp3) is 0.375. The van der Waals surface area contributed by atoms with Gasteiger partial charge >= 0.3 is 5.63 Å². The molecule has 1 saturated heterocycles. The summed E-state index contributed by atoms with van der Waals surface area (Å²) in [6.45, 7) is 0.941. The van der Waals surface area contributed by atoms with E-state index in [9.17, 15) is 19.7 Å². The molecule has 9 nitrogen and oxygen atoms in total. The molecule has 1 aromatic heterocycles. The standard InChI is InChI=1S/C16H16N2O7/c1-23-13-7-10(18(21)22)5-9-6-12(16(20)25-14(9)13)15(19)17-8-11-3-2-4-24-11/h5-7,11H,2-4,8H2,1H3,(H,17,19)/t11-/m0/s1. The van der Waals surface area contributed by atoms with Crippen LogP contribution in [0.4, 0.5) is 5.69 Å². The number of rotatable bonds is 5. The maximum absolute atomic E-state index is 12.2. The summed E-state index contributed by atoms with van der Waals surface area (Å²) in [5.41, 5.74) is -1.25. The zero-order chi connectivity index (χ0) is 18.0. The average Bonchev–Trinajstić information content (AvgIpc) is 3.11. The minimum Gasteiger partial charge on any atom is -0.493 e. The quantitative estimate of drug-likeness (QED) is 0.495. The Kier molecular flexibility index (Phi) is 4.66. The Hall–Kier alpha value is -2.94. The van der Waals surface area contributed by atoms with Gasteiger partial charge in [-0.25, -0.2) is 4.79 Å². The number of fused-ring (bicyclic) bond motifs is 1. The van der Waals surface area contributed by atoms with E-state index in [0.29, 0.717) is 6.61 Å². The molecule has 3 rings (SSSR count). The lowest BCUT2D eigenvalue weighted by molar-refractivity contribution is -0.384. The maximum Gasteiger partial charge on any atom is 0.349 e. The number of ether oxygens (including phenoxy) is 2. The van der Waals surface area contributed by atoms with Crippen LogP contribution >= 0.6 is 0 Å². The van der Waals surface area contributed by atoms with Gasteiger partial charge in [0, 0.05) is 24.6 Å². The number of non-ortho nitro benzene ring substituents is 1. The number of carbonyl (C=O) groups is 1. The lowest BCUT2D eigenvalue weighted by atomic mass is 10.1. The molecular formula is C16H16N2O7. The van der Waals surface area contributed by atoms with E-state index < -0.39 is 16.5 Å². The molecule has 2 aromatic rings. The molecule has 1 aromatic carbocycles. The third-order valence-corrected chi connectivity index (χ3v) is 3.97. The summed E-state index contributed by atoms with van der Waals surface area (Å²) in [6.07, 6.45) is 1.70. The van der Waals surface area contributed by atoms with Gasteiger partial charge in [-0.1, -0.05) is 0 Å². The molecule has 1 amide bonds. The van der Waals surface area contributed by atoms with Crippen molar-refractivity contribution in [2.24, 2.45) is 0 Å². The second kappa shape index (κ2) is 6.89. The molecule has 132 valence electrons. The number of hydrogen-bond donors (Lipinski definition) is 1. The average molecular weight is 348 g/mol. The number of hydrogen-bond acceptors (Lipinski definition) is 7. The van der Waals surface area contributed by atoms with Crippen LogP contribution in [0.3, 0.4) is 0 Å². The normalized spacial score (nSPS) is 16.8. The number of nitro benzene ring substituents is 1. The van der Waals surface area contributed by atoms with E-state index >= 15 is 0 Å². The number of amides is 1. The van der Waals surface area contributed by atoms with E-state index in [1.807, 2.05) is 0 Å². The van der Waals surface area contributed by atoms with Gasteiger partial charge in [0.25, 0.3) is 11.6 Å². The molecule has 25 heavy (non-hydrogen) atoms. The number of carbonyl (C=O) groups excluding carboxylic acids is 1. The first-order valence-electron chi connectivity index (χ1n) is 7.69. The van der Waals surface area contributed by atoms with Crippen molar-refractivity contribution in [3.8, 4) is 5.75 Å². The van der Waals surface area contributed by atoms with Gasteiger partial charge in [0.2, 0.25) is 0 Å². The summed E-state index contributed by atoms with van der Waals surface area (Å²) >= 11 is 0. The Morgan fingerprint density at radius 2 is 2.24 bits per heavy atom. The number of benzene rings is 1. The molecule has 1 aliphatic heterocycles. The van der Waals surface area contributed by atoms with Crippen molar-refractivity contribution < 1.29 is 23.6 Å². The molecule has 0 saturated carbocycles. The van der Waals surface area contributed by atoms with E-state index in [1.54, 1.807) is 0 Å². The summed E-state index contributed by atoms with van der Waals surface area (Å²) in [5, 5.41) is 13.9. The van der Waals surface area contributed by atoms with Crippen LogP contribution in [-0.4, -0.2) is 37.2 Å². The van der Waals surface area contributed by atoms with E-state index in [1.165, 1.54) is 19.2 Å². The van der Waals surface area contributed by atoms with Crippen LogP contribution in [-0.2, 0) is 4.74 Å². The molecule has 0 unspecified atom stereocenters. The third kappa shape index (κ3) is 3.45. The second-order valence-corrected chi connectivity index (χ2v) is 5.62. The van der Waals surface area contributed by atoms with Crippen LogP contribution in [0.5, 0.6) is 5.75 Å². The minimum absolute atomic E-state index is 0.0487. The van der Waals surface area contributed by atoms with Crippen molar-refractivity contribution in [2.75, 3.05) is 20.3 Å². The lowest BCUT2D eigenvalue weighted by Gasteiger charge is -2.10. The summed E-state index contributed by atoms with van der Waals surface area (Å²) in [7, 11) is 1.31. The van der Waals surface area contributed by atoms with Gasteiger partial charge in [-0.05, 0) is 18.9 Å². The first-order valence-corrected chi connectivity index (χ1v) is 7.69. The number of nitrogens with zero attached hydrogens (tertiary/aromatic N) is 1. The summed E-state index contributed by atoms with van der Waals surface area (Å²) in [6, 6.07) is 3.64. The van der Waals surface area contributed by atoms with Gasteiger partial charge in [0.05, 0.1) is 24.2 Å². The van der Waals surface area contributed by atoms with Crippen molar-refractivity contribution >= 4 is 22.6 Å². The van der Waals surface area contributed by atoms with Crippen LogP contribution in [0.15, 0.2) is 27.4 Å². The second-order valence-electron chi connectivity index (χ2n) is 5.62. The SMILES string of the molecule is COc1cc([N+](=O)[O-])cc2cc(C(=O)NC[C@@H]3CCCO3)c(=O)oc12. The van der Waals surface area contributed by atoms with E-state index in [4.69, 9.17) is 13.9 Å². The molecule has 0 bridgehead atoms. The Balaban J connectivity index is 1.95. The number of methoxy groups -OCH3 is 1. The van der Waals surface area contributed by atoms with Gasteiger partial charge in [-0.2, -0.15) is 0 Å². The predicted molar refractivity (Wildman–Crippen MR) is 87.0 cm³/mol. The van der Waals surface area contributed by atoms with Crippen molar-refractivity contribution in [1.29, 1.82) is 0 Å². The number of nitro groups is 1. The van der Waals surface area contributed by atoms with Crippen molar-refractivity contribution in [1.82, 2.24) is 5.32 Å². The van der Waals surface area contributed by atoms with Crippen LogP contribution in [0.1, 0.15) is 23.2 Å². The predicted octanol–water partition coefficient (Wildman–Crippen LogP) is 1.62. The van der Waals surface area contributed by atoms with Crippen LogP contribution in [0.25, 0.3) is 11.0 Å². The molecule has 1 aliphatic rings. The van der Waals surface area contributed by atoms with Crippen molar-refractivity contribution in [2.45, 2.75) is 18.9 Å². The van der Waals surface area contributed by atoms with Gasteiger partial charge in [-0.15, -0.1) is 0 Å².